The summed E-state index contributed by atoms with van der Waals surface area (Å²) in [6.07, 6.45) is 6.36. The zero-order valence-corrected chi connectivity index (χ0v) is 18.3. The van der Waals surface area contributed by atoms with E-state index in [2.05, 4.69) is 0 Å². The van der Waals surface area contributed by atoms with Crippen molar-refractivity contribution in [2.24, 2.45) is 0 Å². The molecule has 0 saturated carbocycles. The van der Waals surface area contributed by atoms with Crippen molar-refractivity contribution in [1.82, 2.24) is 14.5 Å². The lowest BCUT2D eigenvalue weighted by Crippen LogP contribution is -2.32. The van der Waals surface area contributed by atoms with E-state index in [9.17, 15) is 9.59 Å². The van der Waals surface area contributed by atoms with Gasteiger partial charge in [-0.1, -0.05) is 11.8 Å². The standard InChI is InChI=1S/C20H27N3O3S2/c1-12(18(24)22(2)3)27-20-21-17-16(14-8-4-5-9-15(14)28-17)19(25)23(20)11-13-7-6-10-26-13/h12-13H,4-11H2,1-3H3. The number of rotatable bonds is 5. The van der Waals surface area contributed by atoms with Gasteiger partial charge in [0.1, 0.15) is 4.83 Å². The predicted octanol–water partition coefficient (Wildman–Crippen LogP) is 3.08. The first-order valence-electron chi connectivity index (χ1n) is 10.00. The van der Waals surface area contributed by atoms with Crippen molar-refractivity contribution in [2.75, 3.05) is 20.7 Å². The van der Waals surface area contributed by atoms with Crippen molar-refractivity contribution in [1.29, 1.82) is 0 Å². The summed E-state index contributed by atoms with van der Waals surface area (Å²) >= 11 is 3.03. The topological polar surface area (TPSA) is 64.4 Å². The number of nitrogens with zero attached hydrogens (tertiary/aromatic N) is 3. The van der Waals surface area contributed by atoms with Crippen molar-refractivity contribution in [3.8, 4) is 0 Å². The second-order valence-electron chi connectivity index (χ2n) is 7.83. The lowest BCUT2D eigenvalue weighted by molar-refractivity contribution is -0.127. The van der Waals surface area contributed by atoms with Gasteiger partial charge in [0.25, 0.3) is 5.56 Å². The Hall–Kier alpha value is -1.38. The number of amides is 1. The average molecular weight is 422 g/mol. The van der Waals surface area contributed by atoms with Crippen LogP contribution in [0.5, 0.6) is 0 Å². The Balaban J connectivity index is 1.79. The third-order valence-electron chi connectivity index (χ3n) is 5.52. The Morgan fingerprint density at radius 3 is 2.86 bits per heavy atom. The number of thioether (sulfide) groups is 1. The van der Waals surface area contributed by atoms with Crippen LogP contribution in [0.4, 0.5) is 0 Å². The summed E-state index contributed by atoms with van der Waals surface area (Å²) in [4.78, 5) is 34.5. The molecule has 0 radical (unpaired) electrons. The molecule has 0 bridgehead atoms. The summed E-state index contributed by atoms with van der Waals surface area (Å²) in [5, 5.41) is 1.13. The van der Waals surface area contributed by atoms with Crippen LogP contribution in [0.15, 0.2) is 9.95 Å². The first-order chi connectivity index (χ1) is 13.5. The maximum atomic E-state index is 13.5. The van der Waals surface area contributed by atoms with Gasteiger partial charge in [0, 0.05) is 25.6 Å². The highest BCUT2D eigenvalue weighted by Crippen LogP contribution is 2.35. The SMILES string of the molecule is CC(Sc1nc2sc3c(c2c(=O)n1CC1CCCO1)CCCC3)C(=O)N(C)C. The number of aryl methyl sites for hydroxylation is 2. The van der Waals surface area contributed by atoms with E-state index < -0.39 is 0 Å². The molecule has 1 amide bonds. The molecule has 152 valence electrons. The lowest BCUT2D eigenvalue weighted by atomic mass is 9.97. The molecule has 1 saturated heterocycles. The molecular weight excluding hydrogens is 394 g/mol. The predicted molar refractivity (Wildman–Crippen MR) is 114 cm³/mol. The van der Waals surface area contributed by atoms with Gasteiger partial charge in [-0.05, 0) is 51.0 Å². The van der Waals surface area contributed by atoms with Crippen molar-refractivity contribution >= 4 is 39.2 Å². The second-order valence-corrected chi connectivity index (χ2v) is 10.2. The van der Waals surface area contributed by atoms with E-state index in [-0.39, 0.29) is 22.8 Å². The summed E-state index contributed by atoms with van der Waals surface area (Å²) in [6, 6.07) is 0. The molecule has 0 N–H and O–H groups in total. The third kappa shape index (κ3) is 3.74. The smallest absolute Gasteiger partial charge is 0.263 e. The van der Waals surface area contributed by atoms with Gasteiger partial charge in [0.2, 0.25) is 5.91 Å². The number of carbonyl (C=O) groups excluding carboxylic acids is 1. The number of hydrogen-bond donors (Lipinski definition) is 0. The first kappa shape index (κ1) is 19.9. The molecule has 1 fully saturated rings. The van der Waals surface area contributed by atoms with E-state index in [0.29, 0.717) is 11.7 Å². The maximum absolute atomic E-state index is 13.5. The van der Waals surface area contributed by atoms with E-state index >= 15 is 0 Å². The van der Waals surface area contributed by atoms with Gasteiger partial charge in [-0.15, -0.1) is 11.3 Å². The van der Waals surface area contributed by atoms with Gasteiger partial charge >= 0.3 is 0 Å². The van der Waals surface area contributed by atoms with Crippen LogP contribution in [0.1, 0.15) is 43.0 Å². The highest BCUT2D eigenvalue weighted by molar-refractivity contribution is 8.00. The summed E-state index contributed by atoms with van der Waals surface area (Å²) in [5.41, 5.74) is 1.24. The number of ether oxygens (including phenoxy) is 1. The van der Waals surface area contributed by atoms with Crippen LogP contribution in [0, 0.1) is 0 Å². The summed E-state index contributed by atoms with van der Waals surface area (Å²) in [7, 11) is 3.51. The number of thiophene rings is 1. The Labute approximate surface area is 173 Å². The molecule has 3 heterocycles. The highest BCUT2D eigenvalue weighted by Gasteiger charge is 2.27. The molecule has 28 heavy (non-hydrogen) atoms. The molecular formula is C20H27N3O3S2. The van der Waals surface area contributed by atoms with E-state index in [1.54, 1.807) is 34.9 Å². The quantitative estimate of drug-likeness (QED) is 0.548. The molecule has 8 heteroatoms. The van der Waals surface area contributed by atoms with Crippen molar-refractivity contribution in [3.05, 3.63) is 20.8 Å². The zero-order chi connectivity index (χ0) is 19.8. The van der Waals surface area contributed by atoms with Crippen LogP contribution in [0.2, 0.25) is 0 Å². The average Bonchev–Trinajstić information content (AvgIpc) is 3.31. The second kappa shape index (κ2) is 8.16. The van der Waals surface area contributed by atoms with Gasteiger partial charge in [-0.25, -0.2) is 4.98 Å². The molecule has 2 unspecified atom stereocenters. The van der Waals surface area contributed by atoms with Gasteiger partial charge in [-0.3, -0.25) is 14.2 Å². The van der Waals surface area contributed by atoms with Gasteiger partial charge < -0.3 is 9.64 Å². The minimum Gasteiger partial charge on any atom is -0.376 e. The zero-order valence-electron chi connectivity index (χ0n) is 16.7. The minimum atomic E-state index is -0.301. The largest absolute Gasteiger partial charge is 0.376 e. The van der Waals surface area contributed by atoms with Crippen LogP contribution in [-0.4, -0.2) is 52.4 Å². The Bertz CT molecular complexity index is 944. The van der Waals surface area contributed by atoms with Crippen LogP contribution in [0.3, 0.4) is 0 Å². The molecule has 2 atom stereocenters. The van der Waals surface area contributed by atoms with Gasteiger partial charge in [-0.2, -0.15) is 0 Å². The number of hydrogen-bond acceptors (Lipinski definition) is 6. The highest BCUT2D eigenvalue weighted by atomic mass is 32.2. The van der Waals surface area contributed by atoms with Gasteiger partial charge in [0.05, 0.1) is 23.3 Å². The van der Waals surface area contributed by atoms with E-state index in [1.807, 2.05) is 6.92 Å². The van der Waals surface area contributed by atoms with Crippen LogP contribution in [-0.2, 0) is 28.9 Å². The normalized spacial score (nSPS) is 20.3. The van der Waals surface area contributed by atoms with Crippen LogP contribution >= 0.6 is 23.1 Å². The van der Waals surface area contributed by atoms with Crippen LogP contribution < -0.4 is 5.56 Å². The molecule has 0 aromatic carbocycles. The van der Waals surface area contributed by atoms with Crippen molar-refractivity contribution in [3.63, 3.8) is 0 Å². The molecule has 4 rings (SSSR count). The Morgan fingerprint density at radius 1 is 1.36 bits per heavy atom. The Kier molecular flexibility index (Phi) is 5.81. The van der Waals surface area contributed by atoms with Gasteiger partial charge in [0.15, 0.2) is 5.16 Å². The Morgan fingerprint density at radius 2 is 2.14 bits per heavy atom. The summed E-state index contributed by atoms with van der Waals surface area (Å²) in [5.74, 6) is 0.0217. The van der Waals surface area contributed by atoms with Crippen LogP contribution in [0.25, 0.3) is 10.2 Å². The van der Waals surface area contributed by atoms with E-state index in [0.717, 1.165) is 48.9 Å². The molecule has 1 aliphatic heterocycles. The molecule has 6 nitrogen and oxygen atoms in total. The molecule has 1 aliphatic carbocycles. The lowest BCUT2D eigenvalue weighted by Gasteiger charge is -2.20. The summed E-state index contributed by atoms with van der Waals surface area (Å²) < 4.78 is 7.56. The van der Waals surface area contributed by atoms with E-state index in [1.165, 1.54) is 28.6 Å². The third-order valence-corrected chi connectivity index (χ3v) is 7.78. The molecule has 2 aliphatic rings. The van der Waals surface area contributed by atoms with Crippen molar-refractivity contribution < 1.29 is 9.53 Å². The fourth-order valence-corrected chi connectivity index (χ4v) is 6.40. The molecule has 2 aromatic rings. The number of fused-ring (bicyclic) bond motifs is 3. The fraction of sp³-hybridized carbons (Fsp3) is 0.650. The fourth-order valence-electron chi connectivity index (χ4n) is 4.03. The first-order valence-corrected chi connectivity index (χ1v) is 11.7. The van der Waals surface area contributed by atoms with Crippen molar-refractivity contribution in [2.45, 2.75) is 68.5 Å². The maximum Gasteiger partial charge on any atom is 0.263 e. The minimum absolute atomic E-state index is 0.0217. The monoisotopic (exact) mass is 421 g/mol. The molecule has 2 aromatic heterocycles. The number of aromatic nitrogens is 2. The van der Waals surface area contributed by atoms with E-state index in [4.69, 9.17) is 9.72 Å². The summed E-state index contributed by atoms with van der Waals surface area (Å²) in [6.45, 7) is 3.14. The molecule has 0 spiro atoms. The number of carbonyl (C=O) groups is 1.